The zero-order chi connectivity index (χ0) is 17.9. The van der Waals surface area contributed by atoms with Crippen molar-refractivity contribution in [3.63, 3.8) is 0 Å². The second-order valence-electron chi connectivity index (χ2n) is 6.86. The number of nitrogens with zero attached hydrogens (tertiary/aromatic N) is 3. The monoisotopic (exact) mass is 349 g/mol. The number of rotatable bonds is 5. The van der Waals surface area contributed by atoms with Crippen LogP contribution in [0.2, 0.25) is 0 Å². The molecule has 0 aliphatic carbocycles. The van der Waals surface area contributed by atoms with E-state index >= 15 is 0 Å². The molecule has 3 aromatic rings. The first-order valence-electron chi connectivity index (χ1n) is 9.02. The summed E-state index contributed by atoms with van der Waals surface area (Å²) < 4.78 is 5.65. The molecule has 1 aliphatic heterocycles. The molecule has 3 heterocycles. The number of para-hydroxylation sites is 1. The average molecular weight is 349 g/mol. The predicted octanol–water partition coefficient (Wildman–Crippen LogP) is 2.74. The van der Waals surface area contributed by atoms with Gasteiger partial charge < -0.3 is 9.84 Å². The van der Waals surface area contributed by atoms with Gasteiger partial charge in [0.15, 0.2) is 5.65 Å². The molecule has 1 N–H and O–H groups in total. The molecule has 1 unspecified atom stereocenters. The number of hydrogen-bond acceptors (Lipinski definition) is 5. The maximum atomic E-state index is 10.3. The van der Waals surface area contributed by atoms with Crippen molar-refractivity contribution in [2.45, 2.75) is 26.0 Å². The number of benzene rings is 1. The molecule has 1 aromatic carbocycles. The Morgan fingerprint density at radius 2 is 2.00 bits per heavy atom. The third-order valence-corrected chi connectivity index (χ3v) is 4.70. The molecule has 0 fully saturated rings. The number of aryl methyl sites for hydroxylation is 1. The first kappa shape index (κ1) is 16.9. The lowest BCUT2D eigenvalue weighted by atomic mass is 10.0. The van der Waals surface area contributed by atoms with Gasteiger partial charge in [0.05, 0.1) is 0 Å². The second kappa shape index (κ2) is 7.40. The van der Waals surface area contributed by atoms with E-state index < -0.39 is 6.10 Å². The molecule has 1 aliphatic rings. The van der Waals surface area contributed by atoms with Gasteiger partial charge in [-0.25, -0.2) is 9.97 Å². The van der Waals surface area contributed by atoms with Crippen molar-refractivity contribution >= 4 is 11.0 Å². The quantitative estimate of drug-likeness (QED) is 0.767. The van der Waals surface area contributed by atoms with Crippen LogP contribution in [0, 0.1) is 6.92 Å². The minimum atomic E-state index is -0.519. The van der Waals surface area contributed by atoms with E-state index in [2.05, 4.69) is 22.0 Å². The maximum absolute atomic E-state index is 10.3. The molecule has 26 heavy (non-hydrogen) atoms. The first-order valence-corrected chi connectivity index (χ1v) is 9.02. The van der Waals surface area contributed by atoms with E-state index in [0.29, 0.717) is 13.2 Å². The van der Waals surface area contributed by atoms with Gasteiger partial charge in [-0.3, -0.25) is 4.90 Å². The van der Waals surface area contributed by atoms with E-state index in [4.69, 9.17) is 9.72 Å². The topological polar surface area (TPSA) is 58.5 Å². The maximum Gasteiger partial charge on any atom is 0.159 e. The summed E-state index contributed by atoms with van der Waals surface area (Å²) in [7, 11) is 0. The zero-order valence-electron chi connectivity index (χ0n) is 14.9. The van der Waals surface area contributed by atoms with Crippen molar-refractivity contribution in [1.82, 2.24) is 14.9 Å². The van der Waals surface area contributed by atoms with Gasteiger partial charge in [-0.2, -0.15) is 0 Å². The summed E-state index contributed by atoms with van der Waals surface area (Å²) in [6, 6.07) is 15.9. The molecule has 0 amide bonds. The van der Waals surface area contributed by atoms with Crippen molar-refractivity contribution in [3.8, 4) is 5.75 Å². The third-order valence-electron chi connectivity index (χ3n) is 4.70. The number of β-amino-alcohol motifs (C(OH)–C–C–N with tert-alkyl or cyclic N) is 1. The molecule has 5 nitrogen and oxygen atoms in total. The Bertz CT molecular complexity index is 898. The van der Waals surface area contributed by atoms with Crippen LogP contribution in [0.25, 0.3) is 11.0 Å². The van der Waals surface area contributed by atoms with Crippen molar-refractivity contribution in [2.75, 3.05) is 19.7 Å². The normalized spacial score (nSPS) is 15.6. The fourth-order valence-electron chi connectivity index (χ4n) is 3.38. The van der Waals surface area contributed by atoms with E-state index in [1.54, 1.807) is 0 Å². The summed E-state index contributed by atoms with van der Waals surface area (Å²) in [5, 5.41) is 11.4. The highest BCUT2D eigenvalue weighted by atomic mass is 16.5. The van der Waals surface area contributed by atoms with Crippen molar-refractivity contribution in [1.29, 1.82) is 0 Å². The van der Waals surface area contributed by atoms with Gasteiger partial charge >= 0.3 is 0 Å². The Hall–Kier alpha value is -2.50. The van der Waals surface area contributed by atoms with Crippen LogP contribution in [0.5, 0.6) is 5.75 Å². The van der Waals surface area contributed by atoms with Crippen molar-refractivity contribution in [3.05, 3.63) is 65.5 Å². The first-order chi connectivity index (χ1) is 12.7. The largest absolute Gasteiger partial charge is 0.491 e. The summed E-state index contributed by atoms with van der Waals surface area (Å²) in [6.07, 6.45) is 0.363. The minimum absolute atomic E-state index is 0.298. The van der Waals surface area contributed by atoms with Crippen LogP contribution in [0.4, 0.5) is 0 Å². The minimum Gasteiger partial charge on any atom is -0.491 e. The molecular weight excluding hydrogens is 326 g/mol. The standard InChI is InChI=1S/C21H23N3O2/c1-15-7-8-16-11-17-12-24(10-9-20(17)23-21(16)22-15)13-18(25)14-26-19-5-3-2-4-6-19/h2-8,11,18,25H,9-10,12-14H2,1H3. The van der Waals surface area contributed by atoms with Gasteiger partial charge in [-0.05, 0) is 42.8 Å². The number of ether oxygens (including phenoxy) is 1. The van der Waals surface area contributed by atoms with Crippen molar-refractivity contribution < 1.29 is 9.84 Å². The summed E-state index contributed by atoms with van der Waals surface area (Å²) in [5.41, 5.74) is 4.17. The lowest BCUT2D eigenvalue weighted by Gasteiger charge is -2.30. The Morgan fingerprint density at radius 3 is 2.85 bits per heavy atom. The van der Waals surface area contributed by atoms with Crippen LogP contribution < -0.4 is 4.74 Å². The van der Waals surface area contributed by atoms with E-state index in [1.807, 2.05) is 43.3 Å². The van der Waals surface area contributed by atoms with E-state index in [-0.39, 0.29) is 0 Å². The van der Waals surface area contributed by atoms with Gasteiger partial charge in [0.25, 0.3) is 0 Å². The molecule has 0 saturated heterocycles. The lowest BCUT2D eigenvalue weighted by Crippen LogP contribution is -2.39. The average Bonchev–Trinajstić information content (AvgIpc) is 2.65. The number of aromatic nitrogens is 2. The van der Waals surface area contributed by atoms with Gasteiger partial charge in [0.1, 0.15) is 18.5 Å². The molecule has 2 aromatic heterocycles. The number of hydrogen-bond donors (Lipinski definition) is 1. The summed E-state index contributed by atoms with van der Waals surface area (Å²) >= 11 is 0. The highest BCUT2D eigenvalue weighted by molar-refractivity contribution is 5.76. The van der Waals surface area contributed by atoms with Gasteiger partial charge in [-0.1, -0.05) is 18.2 Å². The van der Waals surface area contributed by atoms with Crippen molar-refractivity contribution in [2.24, 2.45) is 0 Å². The number of pyridine rings is 2. The SMILES string of the molecule is Cc1ccc2cc3c(nc2n1)CCN(CC(O)COc1ccccc1)C3. The molecule has 0 spiro atoms. The van der Waals surface area contributed by atoms with E-state index in [1.165, 1.54) is 5.56 Å². The van der Waals surface area contributed by atoms with Gasteiger partial charge in [0.2, 0.25) is 0 Å². The summed E-state index contributed by atoms with van der Waals surface area (Å²) in [6.45, 7) is 4.57. The van der Waals surface area contributed by atoms with Crippen LogP contribution in [-0.2, 0) is 13.0 Å². The highest BCUT2D eigenvalue weighted by Crippen LogP contribution is 2.22. The Labute approximate surface area is 153 Å². The molecule has 134 valence electrons. The van der Waals surface area contributed by atoms with Gasteiger partial charge in [-0.15, -0.1) is 0 Å². The van der Waals surface area contributed by atoms with Gasteiger partial charge in [0, 0.05) is 42.8 Å². The number of aliphatic hydroxyl groups excluding tert-OH is 1. The van der Waals surface area contributed by atoms with Crippen LogP contribution >= 0.6 is 0 Å². The fraction of sp³-hybridized carbons (Fsp3) is 0.333. The second-order valence-corrected chi connectivity index (χ2v) is 6.86. The molecule has 5 heteroatoms. The molecule has 1 atom stereocenters. The van der Waals surface area contributed by atoms with Crippen LogP contribution in [0.3, 0.4) is 0 Å². The summed E-state index contributed by atoms with van der Waals surface area (Å²) in [5.74, 6) is 0.786. The van der Waals surface area contributed by atoms with E-state index in [0.717, 1.165) is 47.7 Å². The summed E-state index contributed by atoms with van der Waals surface area (Å²) in [4.78, 5) is 11.5. The molecule has 4 rings (SSSR count). The molecule has 0 saturated carbocycles. The van der Waals surface area contributed by atoms with Crippen LogP contribution in [0.15, 0.2) is 48.5 Å². The van der Waals surface area contributed by atoms with E-state index in [9.17, 15) is 5.11 Å². The number of fused-ring (bicyclic) bond motifs is 2. The molecular formula is C21H23N3O2. The van der Waals surface area contributed by atoms with Crippen LogP contribution in [-0.4, -0.2) is 45.8 Å². The number of aliphatic hydroxyl groups is 1. The lowest BCUT2D eigenvalue weighted by molar-refractivity contribution is 0.0635. The fourth-order valence-corrected chi connectivity index (χ4v) is 3.38. The predicted molar refractivity (Wildman–Crippen MR) is 101 cm³/mol. The van der Waals surface area contributed by atoms with Crippen LogP contribution in [0.1, 0.15) is 17.0 Å². The Morgan fingerprint density at radius 1 is 1.15 bits per heavy atom. The molecule has 0 bridgehead atoms. The zero-order valence-corrected chi connectivity index (χ0v) is 14.9. The third kappa shape index (κ3) is 3.84. The Balaban J connectivity index is 1.39. The highest BCUT2D eigenvalue weighted by Gasteiger charge is 2.21. The Kier molecular flexibility index (Phi) is 4.82. The molecule has 0 radical (unpaired) electrons. The smallest absolute Gasteiger partial charge is 0.159 e.